The van der Waals surface area contributed by atoms with Gasteiger partial charge in [-0.3, -0.25) is 4.79 Å². The molecule has 0 radical (unpaired) electrons. The van der Waals surface area contributed by atoms with Crippen molar-refractivity contribution in [2.24, 2.45) is 5.41 Å². The van der Waals surface area contributed by atoms with E-state index in [-0.39, 0.29) is 11.3 Å². The molecular formula is C16H24N2O2. The summed E-state index contributed by atoms with van der Waals surface area (Å²) in [5, 5.41) is 6.43. The quantitative estimate of drug-likeness (QED) is 0.869. The van der Waals surface area contributed by atoms with Gasteiger partial charge in [0.1, 0.15) is 0 Å². The minimum Gasteiger partial charge on any atom is -0.380 e. The first kappa shape index (κ1) is 15.0. The van der Waals surface area contributed by atoms with E-state index in [2.05, 4.69) is 17.6 Å². The lowest BCUT2D eigenvalue weighted by Gasteiger charge is -2.35. The number of carbonyl (C=O) groups is 1. The SMILES string of the molecule is CCC1(C(=O)Nc2ccccc2COC)CCNCC1. The molecular weight excluding hydrogens is 252 g/mol. The Labute approximate surface area is 120 Å². The normalized spacial score (nSPS) is 17.7. The molecule has 2 rings (SSSR count). The third kappa shape index (κ3) is 3.19. The van der Waals surface area contributed by atoms with Gasteiger partial charge >= 0.3 is 0 Å². The second-order valence-corrected chi connectivity index (χ2v) is 5.43. The van der Waals surface area contributed by atoms with Crippen LogP contribution in [0.2, 0.25) is 0 Å². The highest BCUT2D eigenvalue weighted by atomic mass is 16.5. The standard InChI is InChI=1S/C16H24N2O2/c1-3-16(8-10-17-11-9-16)15(19)18-14-7-5-4-6-13(14)12-20-2/h4-7,17H,3,8-12H2,1-2H3,(H,18,19). The number of para-hydroxylation sites is 1. The number of ether oxygens (including phenoxy) is 1. The number of piperidine rings is 1. The van der Waals surface area contributed by atoms with E-state index in [1.54, 1.807) is 7.11 Å². The van der Waals surface area contributed by atoms with E-state index in [0.29, 0.717) is 6.61 Å². The maximum absolute atomic E-state index is 12.7. The van der Waals surface area contributed by atoms with Crippen molar-refractivity contribution in [1.29, 1.82) is 0 Å². The second kappa shape index (κ2) is 6.86. The molecule has 0 aliphatic carbocycles. The lowest BCUT2D eigenvalue weighted by Crippen LogP contribution is -2.44. The molecule has 0 aromatic heterocycles. The fourth-order valence-corrected chi connectivity index (χ4v) is 2.83. The maximum atomic E-state index is 12.7. The Kier molecular flexibility index (Phi) is 5.15. The molecule has 0 saturated carbocycles. The Morgan fingerprint density at radius 1 is 1.35 bits per heavy atom. The summed E-state index contributed by atoms with van der Waals surface area (Å²) in [6.45, 7) is 4.45. The van der Waals surface area contributed by atoms with Crippen LogP contribution in [0.1, 0.15) is 31.7 Å². The van der Waals surface area contributed by atoms with E-state index in [4.69, 9.17) is 4.74 Å². The summed E-state index contributed by atoms with van der Waals surface area (Å²) >= 11 is 0. The van der Waals surface area contributed by atoms with Crippen molar-refractivity contribution in [2.45, 2.75) is 32.8 Å². The van der Waals surface area contributed by atoms with Crippen LogP contribution in [0.25, 0.3) is 0 Å². The molecule has 2 N–H and O–H groups in total. The van der Waals surface area contributed by atoms with E-state index in [9.17, 15) is 4.79 Å². The average Bonchev–Trinajstić information content (AvgIpc) is 2.50. The number of amides is 1. The van der Waals surface area contributed by atoms with Crippen molar-refractivity contribution >= 4 is 11.6 Å². The summed E-state index contributed by atoms with van der Waals surface area (Å²) < 4.78 is 5.19. The fourth-order valence-electron chi connectivity index (χ4n) is 2.83. The van der Waals surface area contributed by atoms with Crippen LogP contribution in [0.15, 0.2) is 24.3 Å². The molecule has 0 unspecified atom stereocenters. The van der Waals surface area contributed by atoms with Gasteiger partial charge in [-0.15, -0.1) is 0 Å². The maximum Gasteiger partial charge on any atom is 0.230 e. The monoisotopic (exact) mass is 276 g/mol. The molecule has 1 aromatic carbocycles. The number of hydrogen-bond acceptors (Lipinski definition) is 3. The molecule has 4 heteroatoms. The van der Waals surface area contributed by atoms with Crippen LogP contribution in [-0.2, 0) is 16.1 Å². The van der Waals surface area contributed by atoms with Crippen molar-refractivity contribution in [2.75, 3.05) is 25.5 Å². The predicted molar refractivity (Wildman–Crippen MR) is 80.6 cm³/mol. The molecule has 1 aliphatic heterocycles. The molecule has 110 valence electrons. The molecule has 0 atom stereocenters. The van der Waals surface area contributed by atoms with Crippen LogP contribution in [0.5, 0.6) is 0 Å². The Hall–Kier alpha value is -1.39. The number of hydrogen-bond donors (Lipinski definition) is 2. The average molecular weight is 276 g/mol. The molecule has 1 fully saturated rings. The zero-order valence-corrected chi connectivity index (χ0v) is 12.4. The van der Waals surface area contributed by atoms with Gasteiger partial charge in [-0.05, 0) is 38.4 Å². The second-order valence-electron chi connectivity index (χ2n) is 5.43. The van der Waals surface area contributed by atoms with Gasteiger partial charge in [-0.25, -0.2) is 0 Å². The third-order valence-corrected chi connectivity index (χ3v) is 4.28. The van der Waals surface area contributed by atoms with E-state index in [1.807, 2.05) is 24.3 Å². The Bertz CT molecular complexity index is 454. The van der Waals surface area contributed by atoms with E-state index < -0.39 is 0 Å². The third-order valence-electron chi connectivity index (χ3n) is 4.28. The zero-order chi connectivity index (χ0) is 14.4. The van der Waals surface area contributed by atoms with Crippen LogP contribution in [0.4, 0.5) is 5.69 Å². The van der Waals surface area contributed by atoms with Gasteiger partial charge in [-0.2, -0.15) is 0 Å². The number of methoxy groups -OCH3 is 1. The highest BCUT2D eigenvalue weighted by Gasteiger charge is 2.37. The predicted octanol–water partition coefficient (Wildman–Crippen LogP) is 2.55. The van der Waals surface area contributed by atoms with Crippen LogP contribution in [0.3, 0.4) is 0 Å². The highest BCUT2D eigenvalue weighted by molar-refractivity contribution is 5.96. The minimum atomic E-state index is -0.231. The van der Waals surface area contributed by atoms with Gasteiger partial charge in [0.15, 0.2) is 0 Å². The molecule has 4 nitrogen and oxygen atoms in total. The lowest BCUT2D eigenvalue weighted by atomic mass is 9.76. The molecule has 1 heterocycles. The number of carbonyl (C=O) groups excluding carboxylic acids is 1. The Balaban J connectivity index is 2.14. The molecule has 0 spiro atoms. The van der Waals surface area contributed by atoms with Gasteiger partial charge < -0.3 is 15.4 Å². The van der Waals surface area contributed by atoms with Crippen LogP contribution < -0.4 is 10.6 Å². The van der Waals surface area contributed by atoms with Crippen molar-refractivity contribution in [3.05, 3.63) is 29.8 Å². The topological polar surface area (TPSA) is 50.4 Å². The fraction of sp³-hybridized carbons (Fsp3) is 0.562. The lowest BCUT2D eigenvalue weighted by molar-refractivity contribution is -0.127. The van der Waals surface area contributed by atoms with Crippen LogP contribution >= 0.6 is 0 Å². The van der Waals surface area contributed by atoms with E-state index in [1.165, 1.54) is 0 Å². The van der Waals surface area contributed by atoms with Crippen molar-refractivity contribution in [3.8, 4) is 0 Å². The summed E-state index contributed by atoms with van der Waals surface area (Å²) in [5.74, 6) is 0.144. The van der Waals surface area contributed by atoms with Crippen LogP contribution in [-0.4, -0.2) is 26.1 Å². The van der Waals surface area contributed by atoms with Crippen LogP contribution in [0, 0.1) is 5.41 Å². The summed E-state index contributed by atoms with van der Waals surface area (Å²) in [6, 6.07) is 7.83. The Morgan fingerprint density at radius 2 is 2.05 bits per heavy atom. The molecule has 0 bridgehead atoms. The summed E-state index contributed by atoms with van der Waals surface area (Å²) in [7, 11) is 1.67. The number of benzene rings is 1. The van der Waals surface area contributed by atoms with Gasteiger partial charge in [-0.1, -0.05) is 25.1 Å². The van der Waals surface area contributed by atoms with E-state index >= 15 is 0 Å². The smallest absolute Gasteiger partial charge is 0.230 e. The van der Waals surface area contributed by atoms with Crippen molar-refractivity contribution in [3.63, 3.8) is 0 Å². The van der Waals surface area contributed by atoms with E-state index in [0.717, 1.165) is 43.6 Å². The molecule has 1 amide bonds. The first-order chi connectivity index (χ1) is 9.72. The van der Waals surface area contributed by atoms with Crippen molar-refractivity contribution < 1.29 is 9.53 Å². The largest absolute Gasteiger partial charge is 0.380 e. The highest BCUT2D eigenvalue weighted by Crippen LogP contribution is 2.34. The van der Waals surface area contributed by atoms with Gasteiger partial charge in [0.25, 0.3) is 0 Å². The first-order valence-electron chi connectivity index (χ1n) is 7.31. The van der Waals surface area contributed by atoms with Gasteiger partial charge in [0.05, 0.1) is 12.0 Å². The zero-order valence-electron chi connectivity index (χ0n) is 12.4. The molecule has 1 aliphatic rings. The summed E-state index contributed by atoms with van der Waals surface area (Å²) in [4.78, 5) is 12.7. The summed E-state index contributed by atoms with van der Waals surface area (Å²) in [5.41, 5.74) is 1.65. The number of rotatable bonds is 5. The van der Waals surface area contributed by atoms with Gasteiger partial charge in [0, 0.05) is 18.4 Å². The number of anilines is 1. The molecule has 20 heavy (non-hydrogen) atoms. The first-order valence-corrected chi connectivity index (χ1v) is 7.31. The Morgan fingerprint density at radius 3 is 2.70 bits per heavy atom. The van der Waals surface area contributed by atoms with Crippen molar-refractivity contribution in [1.82, 2.24) is 5.32 Å². The molecule has 1 aromatic rings. The van der Waals surface area contributed by atoms with Gasteiger partial charge in [0.2, 0.25) is 5.91 Å². The number of nitrogens with one attached hydrogen (secondary N) is 2. The molecule has 1 saturated heterocycles. The minimum absolute atomic E-state index is 0.144. The summed E-state index contributed by atoms with van der Waals surface area (Å²) in [6.07, 6.45) is 2.69.